The highest BCUT2D eigenvalue weighted by atomic mass is 32.2. The van der Waals surface area contributed by atoms with E-state index >= 15 is 0 Å². The number of sulfonamides is 1. The smallest absolute Gasteiger partial charge is 0.261 e. The molecule has 0 aliphatic heterocycles. The van der Waals surface area contributed by atoms with Gasteiger partial charge in [0.2, 0.25) is 0 Å². The lowest BCUT2D eigenvalue weighted by Gasteiger charge is -2.08. The lowest BCUT2D eigenvalue weighted by molar-refractivity contribution is 0.599. The van der Waals surface area contributed by atoms with Crippen LogP contribution in [-0.2, 0) is 10.0 Å². The summed E-state index contributed by atoms with van der Waals surface area (Å²) in [5, 5.41) is 8.68. The molecule has 0 spiro atoms. The number of pyridine rings is 1. The van der Waals surface area contributed by atoms with Crippen molar-refractivity contribution in [2.45, 2.75) is 4.90 Å². The molecular weight excluding hydrogens is 269 g/mol. The molecule has 0 amide bonds. The fraction of sp³-hybridized carbons (Fsp3) is 0. The fourth-order valence-electron chi connectivity index (χ4n) is 1.39. The molecule has 0 unspecified atom stereocenters. The van der Waals surface area contributed by atoms with Crippen LogP contribution in [0.5, 0.6) is 0 Å². The van der Waals surface area contributed by atoms with Crippen LogP contribution in [0.25, 0.3) is 0 Å². The molecular formula is C12H8FN3O2S. The standard InChI is InChI=1S/C12H8FN3O2S/c13-12-2-1-11(7-9(12)8-14)19(17,18)16-10-3-5-15-6-4-10/h1-7H,(H,15,16). The molecule has 1 N–H and O–H groups in total. The van der Waals surface area contributed by atoms with Gasteiger partial charge in [-0.25, -0.2) is 12.8 Å². The maximum Gasteiger partial charge on any atom is 0.261 e. The number of nitrogens with one attached hydrogen (secondary N) is 1. The van der Waals surface area contributed by atoms with Gasteiger partial charge in [-0.1, -0.05) is 0 Å². The second-order valence-electron chi connectivity index (χ2n) is 3.59. The fourth-order valence-corrected chi connectivity index (χ4v) is 2.48. The van der Waals surface area contributed by atoms with Gasteiger partial charge >= 0.3 is 0 Å². The predicted octanol–water partition coefficient (Wildman–Crippen LogP) is 1.89. The summed E-state index contributed by atoms with van der Waals surface area (Å²) in [5.74, 6) is -0.759. The van der Waals surface area contributed by atoms with E-state index in [1.165, 1.54) is 24.5 Å². The summed E-state index contributed by atoms with van der Waals surface area (Å²) < 4.78 is 39.5. The predicted molar refractivity (Wildman–Crippen MR) is 66.2 cm³/mol. The minimum atomic E-state index is -3.86. The molecule has 1 aromatic heterocycles. The summed E-state index contributed by atoms with van der Waals surface area (Å²) in [6.07, 6.45) is 2.87. The van der Waals surface area contributed by atoms with Crippen LogP contribution in [0.3, 0.4) is 0 Å². The van der Waals surface area contributed by atoms with Crippen molar-refractivity contribution in [1.82, 2.24) is 4.98 Å². The summed E-state index contributed by atoms with van der Waals surface area (Å²) in [6, 6.07) is 7.58. The molecule has 96 valence electrons. The van der Waals surface area contributed by atoms with Crippen molar-refractivity contribution < 1.29 is 12.8 Å². The highest BCUT2D eigenvalue weighted by Crippen LogP contribution is 2.17. The van der Waals surface area contributed by atoms with E-state index in [2.05, 4.69) is 9.71 Å². The van der Waals surface area contributed by atoms with Gasteiger partial charge in [0.15, 0.2) is 0 Å². The van der Waals surface area contributed by atoms with Crippen LogP contribution in [-0.4, -0.2) is 13.4 Å². The van der Waals surface area contributed by atoms with E-state index < -0.39 is 15.8 Å². The SMILES string of the molecule is N#Cc1cc(S(=O)(=O)Nc2ccncc2)ccc1F. The first-order chi connectivity index (χ1) is 9.03. The average molecular weight is 277 g/mol. The summed E-state index contributed by atoms with van der Waals surface area (Å²) in [5.41, 5.74) is 0.00966. The third-order valence-electron chi connectivity index (χ3n) is 2.30. The lowest BCUT2D eigenvalue weighted by atomic mass is 10.2. The topological polar surface area (TPSA) is 82.8 Å². The zero-order valence-corrected chi connectivity index (χ0v) is 10.4. The van der Waals surface area contributed by atoms with Crippen LogP contribution >= 0.6 is 0 Å². The first-order valence-corrected chi connectivity index (χ1v) is 6.64. The van der Waals surface area contributed by atoms with Crippen molar-refractivity contribution >= 4 is 15.7 Å². The molecule has 0 saturated heterocycles. The normalized spacial score (nSPS) is 10.7. The minimum absolute atomic E-state index is 0.178. The Morgan fingerprint density at radius 3 is 2.53 bits per heavy atom. The second-order valence-corrected chi connectivity index (χ2v) is 5.28. The molecule has 1 heterocycles. The largest absolute Gasteiger partial charge is 0.280 e. The first kappa shape index (κ1) is 13.0. The van der Waals surface area contributed by atoms with Crippen LogP contribution in [0.15, 0.2) is 47.6 Å². The Bertz CT molecular complexity index is 739. The Hall–Kier alpha value is -2.46. The zero-order valence-electron chi connectivity index (χ0n) is 9.54. The van der Waals surface area contributed by atoms with E-state index in [0.717, 1.165) is 18.2 Å². The number of hydrogen-bond donors (Lipinski definition) is 1. The Kier molecular flexibility index (Phi) is 3.44. The maximum absolute atomic E-state index is 13.1. The number of benzene rings is 1. The van der Waals surface area contributed by atoms with Gasteiger partial charge < -0.3 is 0 Å². The van der Waals surface area contributed by atoms with Gasteiger partial charge in [0.1, 0.15) is 11.9 Å². The summed E-state index contributed by atoms with van der Waals surface area (Å²) in [6.45, 7) is 0. The molecule has 2 aromatic rings. The highest BCUT2D eigenvalue weighted by molar-refractivity contribution is 7.92. The van der Waals surface area contributed by atoms with Crippen molar-refractivity contribution in [3.05, 3.63) is 54.1 Å². The molecule has 0 aliphatic rings. The van der Waals surface area contributed by atoms with Gasteiger partial charge in [-0.2, -0.15) is 5.26 Å². The molecule has 0 bridgehead atoms. The second kappa shape index (κ2) is 5.04. The van der Waals surface area contributed by atoms with Crippen molar-refractivity contribution in [2.75, 3.05) is 4.72 Å². The number of aromatic nitrogens is 1. The van der Waals surface area contributed by atoms with E-state index in [1.54, 1.807) is 6.07 Å². The first-order valence-electron chi connectivity index (χ1n) is 5.15. The number of nitriles is 1. The Morgan fingerprint density at radius 1 is 1.21 bits per heavy atom. The summed E-state index contributed by atoms with van der Waals surface area (Å²) >= 11 is 0. The van der Waals surface area contributed by atoms with Crippen LogP contribution in [0, 0.1) is 17.1 Å². The Labute approximate surface area is 109 Å². The van der Waals surface area contributed by atoms with Crippen LogP contribution in [0.4, 0.5) is 10.1 Å². The van der Waals surface area contributed by atoms with E-state index in [-0.39, 0.29) is 10.5 Å². The van der Waals surface area contributed by atoms with Crippen molar-refractivity contribution in [1.29, 1.82) is 5.26 Å². The van der Waals surface area contributed by atoms with Gasteiger partial charge in [0.25, 0.3) is 10.0 Å². The molecule has 0 fully saturated rings. The van der Waals surface area contributed by atoms with E-state index in [4.69, 9.17) is 5.26 Å². The molecule has 0 atom stereocenters. The van der Waals surface area contributed by atoms with Crippen molar-refractivity contribution in [2.24, 2.45) is 0 Å². The van der Waals surface area contributed by atoms with E-state index in [0.29, 0.717) is 5.69 Å². The highest BCUT2D eigenvalue weighted by Gasteiger charge is 2.16. The molecule has 19 heavy (non-hydrogen) atoms. The van der Waals surface area contributed by atoms with Gasteiger partial charge in [0.05, 0.1) is 16.1 Å². The van der Waals surface area contributed by atoms with Crippen LogP contribution in [0.2, 0.25) is 0 Å². The molecule has 0 saturated carbocycles. The third-order valence-corrected chi connectivity index (χ3v) is 3.68. The molecule has 0 radical (unpaired) electrons. The molecule has 1 aromatic carbocycles. The van der Waals surface area contributed by atoms with E-state index in [9.17, 15) is 12.8 Å². The van der Waals surface area contributed by atoms with Gasteiger partial charge in [-0.05, 0) is 30.3 Å². The monoisotopic (exact) mass is 277 g/mol. The number of halogens is 1. The summed E-state index contributed by atoms with van der Waals surface area (Å²) in [7, 11) is -3.86. The van der Waals surface area contributed by atoms with Gasteiger partial charge in [-0.3, -0.25) is 9.71 Å². The lowest BCUT2D eigenvalue weighted by Crippen LogP contribution is -2.13. The van der Waals surface area contributed by atoms with Crippen molar-refractivity contribution in [3.63, 3.8) is 0 Å². The maximum atomic E-state index is 13.1. The molecule has 7 heteroatoms. The zero-order chi connectivity index (χ0) is 13.9. The number of anilines is 1. The Balaban J connectivity index is 2.38. The van der Waals surface area contributed by atoms with Crippen LogP contribution in [0.1, 0.15) is 5.56 Å². The molecule has 5 nitrogen and oxygen atoms in total. The van der Waals surface area contributed by atoms with Crippen LogP contribution < -0.4 is 4.72 Å². The molecule has 0 aliphatic carbocycles. The van der Waals surface area contributed by atoms with Gasteiger partial charge in [-0.15, -0.1) is 0 Å². The average Bonchev–Trinajstić information content (AvgIpc) is 2.39. The number of hydrogen-bond acceptors (Lipinski definition) is 4. The van der Waals surface area contributed by atoms with Crippen molar-refractivity contribution in [3.8, 4) is 6.07 Å². The molecule has 2 rings (SSSR count). The summed E-state index contributed by atoms with van der Waals surface area (Å²) in [4.78, 5) is 3.58. The van der Waals surface area contributed by atoms with Gasteiger partial charge in [0, 0.05) is 12.4 Å². The Morgan fingerprint density at radius 2 is 1.89 bits per heavy atom. The number of rotatable bonds is 3. The van der Waals surface area contributed by atoms with E-state index in [1.807, 2.05) is 0 Å². The number of nitrogens with zero attached hydrogens (tertiary/aromatic N) is 2. The quantitative estimate of drug-likeness (QED) is 0.928. The minimum Gasteiger partial charge on any atom is -0.280 e. The third kappa shape index (κ3) is 2.86.